The van der Waals surface area contributed by atoms with Gasteiger partial charge in [0.05, 0.1) is 0 Å². The van der Waals surface area contributed by atoms with Gasteiger partial charge in [-0.3, -0.25) is 0 Å². The summed E-state index contributed by atoms with van der Waals surface area (Å²) in [6, 6.07) is 35.8. The van der Waals surface area contributed by atoms with E-state index in [1.807, 2.05) is 0 Å². The van der Waals surface area contributed by atoms with Crippen LogP contribution in [0.25, 0.3) is 34.4 Å². The van der Waals surface area contributed by atoms with Crippen LogP contribution in [-0.2, 0) is 20.1 Å². The molecule has 4 heteroatoms. The molecule has 2 aliphatic carbocycles. The molecular formula is C32H28Cl2HfSi. The van der Waals surface area contributed by atoms with Gasteiger partial charge in [-0.15, -0.1) is 0 Å². The van der Waals surface area contributed by atoms with Crippen LogP contribution in [0.4, 0.5) is 0 Å². The predicted molar refractivity (Wildman–Crippen MR) is 145 cm³/mol. The van der Waals surface area contributed by atoms with Gasteiger partial charge in [0.25, 0.3) is 0 Å². The normalized spacial score (nSPS) is 16.2. The van der Waals surface area contributed by atoms with Gasteiger partial charge in [0.2, 0.25) is 0 Å². The quantitative estimate of drug-likeness (QED) is 0.290. The largest absolute Gasteiger partial charge is 1.00 e. The maximum absolute atomic E-state index is 2.59. The fraction of sp³-hybridized carbons (Fsp3) is 0.125. The van der Waals surface area contributed by atoms with E-state index in [9.17, 15) is 0 Å². The molecule has 0 saturated carbocycles. The van der Waals surface area contributed by atoms with Crippen molar-refractivity contribution in [2.45, 2.75) is 20.4 Å². The maximum Gasteiger partial charge on any atom is -1.00 e. The van der Waals surface area contributed by atoms with Crippen LogP contribution in [-0.4, -0.2) is 5.49 Å². The first-order chi connectivity index (χ1) is 16.7. The van der Waals surface area contributed by atoms with Crippen molar-refractivity contribution in [2.75, 3.05) is 0 Å². The Balaban J connectivity index is 0.00000152. The first-order valence-corrected chi connectivity index (χ1v) is 24.2. The Morgan fingerprint density at radius 3 is 1.33 bits per heavy atom. The Bertz CT molecular complexity index is 1360. The summed E-state index contributed by atoms with van der Waals surface area (Å²) in [6.07, 6.45) is 10.1. The average molecular weight is 690 g/mol. The Morgan fingerprint density at radius 2 is 0.944 bits per heavy atom. The van der Waals surface area contributed by atoms with Crippen LogP contribution < -0.4 is 24.8 Å². The van der Waals surface area contributed by atoms with E-state index in [1.54, 1.807) is 11.1 Å². The summed E-state index contributed by atoms with van der Waals surface area (Å²) in [5, 5.41) is 0. The van der Waals surface area contributed by atoms with Crippen LogP contribution in [0, 0.1) is 0 Å². The fourth-order valence-corrected chi connectivity index (χ4v) is 32.3. The van der Waals surface area contributed by atoms with E-state index in [4.69, 9.17) is 0 Å². The maximum atomic E-state index is 2.59. The summed E-state index contributed by atoms with van der Waals surface area (Å²) in [5.41, 5.74) is 11.2. The molecule has 4 aromatic rings. The van der Waals surface area contributed by atoms with Gasteiger partial charge >= 0.3 is 212 Å². The van der Waals surface area contributed by atoms with Crippen LogP contribution in [0.1, 0.15) is 29.6 Å². The van der Waals surface area contributed by atoms with Gasteiger partial charge in [-0.2, -0.15) is 0 Å². The average Bonchev–Trinajstić information content (AvgIpc) is 3.50. The Hall–Kier alpha value is -1.97. The zero-order valence-electron chi connectivity index (χ0n) is 20.5. The van der Waals surface area contributed by atoms with Crippen molar-refractivity contribution in [2.24, 2.45) is 0 Å². The minimum absolute atomic E-state index is 0. The van der Waals surface area contributed by atoms with Crippen LogP contribution in [0.5, 0.6) is 0 Å². The van der Waals surface area contributed by atoms with Crippen molar-refractivity contribution in [3.05, 3.63) is 131 Å². The third kappa shape index (κ3) is 4.81. The second-order valence-corrected chi connectivity index (χ2v) is 34.7. The van der Waals surface area contributed by atoms with Crippen LogP contribution in [0.2, 0.25) is 13.1 Å². The predicted octanol–water partition coefficient (Wildman–Crippen LogP) is 2.73. The zero-order valence-corrected chi connectivity index (χ0v) is 26.6. The van der Waals surface area contributed by atoms with E-state index in [1.165, 1.54) is 33.4 Å². The minimum Gasteiger partial charge on any atom is -1.00 e. The molecule has 0 unspecified atom stereocenters. The van der Waals surface area contributed by atoms with E-state index in [2.05, 4.69) is 134 Å². The number of halogens is 2. The molecule has 0 aliphatic heterocycles. The van der Waals surface area contributed by atoms with Crippen molar-refractivity contribution < 1.29 is 44.9 Å². The summed E-state index contributed by atoms with van der Waals surface area (Å²) >= 11 is -2.14. The second kappa shape index (κ2) is 11.6. The van der Waals surface area contributed by atoms with E-state index in [0.29, 0.717) is 7.35 Å². The van der Waals surface area contributed by atoms with Gasteiger partial charge in [0.1, 0.15) is 0 Å². The molecule has 0 nitrogen and oxygen atoms in total. The van der Waals surface area contributed by atoms with Gasteiger partial charge in [0.15, 0.2) is 0 Å². The van der Waals surface area contributed by atoms with Crippen molar-refractivity contribution in [1.82, 2.24) is 0 Å². The Morgan fingerprint density at radius 1 is 0.528 bits per heavy atom. The van der Waals surface area contributed by atoms with Crippen molar-refractivity contribution in [3.63, 3.8) is 0 Å². The van der Waals surface area contributed by atoms with E-state index in [0.717, 1.165) is 0 Å². The first kappa shape index (κ1) is 27.1. The molecule has 0 N–H and O–H groups in total. The van der Waals surface area contributed by atoms with Crippen LogP contribution >= 0.6 is 0 Å². The number of fused-ring (bicyclic) bond motifs is 2. The molecule has 0 spiro atoms. The van der Waals surface area contributed by atoms with Gasteiger partial charge < -0.3 is 24.8 Å². The van der Waals surface area contributed by atoms with Crippen LogP contribution in [0.15, 0.2) is 109 Å². The van der Waals surface area contributed by atoms with Crippen LogP contribution in [0.3, 0.4) is 0 Å². The minimum atomic E-state index is -2.14. The first-order valence-electron chi connectivity index (χ1n) is 12.1. The molecule has 0 radical (unpaired) electrons. The standard InChI is InChI=1S/2C15H11.C2H6Si.2ClH.Hf/c2*1-2-6-12(7-3-1)14-10-4-8-13-9-5-11-15(13)14;1-3-2;;;/h2*1-11H;1-2H3;2*1H;/q;;;;;+2/p-2. The summed E-state index contributed by atoms with van der Waals surface area (Å²) in [5.74, 6) is 0. The molecule has 6 rings (SSSR count). The molecule has 0 fully saturated rings. The zero-order chi connectivity index (χ0) is 23.1. The SMILES string of the molecule is C[Si](C)=[Hf+2]([C@@H]1C=Cc2c(-c3ccccc3)cccc21)[C@H]1C=Cc2c(-c3ccccc3)cccc21.[Cl-].[Cl-]. The molecular weight excluding hydrogens is 662 g/mol. The van der Waals surface area contributed by atoms with Gasteiger partial charge in [0, 0.05) is 0 Å². The fourth-order valence-electron chi connectivity index (χ4n) is 5.77. The molecule has 0 amide bonds. The van der Waals surface area contributed by atoms with E-state index >= 15 is 0 Å². The number of hydrogen-bond acceptors (Lipinski definition) is 0. The Labute approximate surface area is 235 Å². The van der Waals surface area contributed by atoms with E-state index < -0.39 is 20.1 Å². The van der Waals surface area contributed by atoms with Crippen molar-refractivity contribution in [3.8, 4) is 22.3 Å². The molecule has 2 atom stereocenters. The number of allylic oxidation sites excluding steroid dienone is 2. The molecule has 2 aliphatic rings. The number of benzene rings is 4. The van der Waals surface area contributed by atoms with E-state index in [-0.39, 0.29) is 30.3 Å². The number of hydrogen-bond donors (Lipinski definition) is 0. The van der Waals surface area contributed by atoms with Gasteiger partial charge in [-0.1, -0.05) is 0 Å². The summed E-state index contributed by atoms with van der Waals surface area (Å²) < 4.78 is 1.35. The molecule has 36 heavy (non-hydrogen) atoms. The third-order valence-corrected chi connectivity index (χ3v) is 34.4. The molecule has 178 valence electrons. The summed E-state index contributed by atoms with van der Waals surface area (Å²) in [4.78, 5) is 0. The molecule has 0 aromatic heterocycles. The monoisotopic (exact) mass is 690 g/mol. The summed E-state index contributed by atoms with van der Waals surface area (Å²) in [7, 11) is 0. The van der Waals surface area contributed by atoms with Crippen molar-refractivity contribution in [1.29, 1.82) is 0 Å². The van der Waals surface area contributed by atoms with Gasteiger partial charge in [-0.05, 0) is 0 Å². The molecule has 0 heterocycles. The Kier molecular flexibility index (Phi) is 8.73. The van der Waals surface area contributed by atoms with Crippen molar-refractivity contribution >= 4 is 17.6 Å². The second-order valence-electron chi connectivity index (χ2n) is 9.48. The molecule has 0 saturated heterocycles. The molecule has 0 bridgehead atoms. The van der Waals surface area contributed by atoms with Gasteiger partial charge in [-0.25, -0.2) is 0 Å². The molecule has 4 aromatic carbocycles. The smallest absolute Gasteiger partial charge is 1.00 e. The number of rotatable bonds is 4. The third-order valence-electron chi connectivity index (χ3n) is 7.28. The summed E-state index contributed by atoms with van der Waals surface area (Å²) in [6.45, 7) is 5.18. The topological polar surface area (TPSA) is 0 Å².